The molecule has 2 heterocycles. The van der Waals surface area contributed by atoms with E-state index in [4.69, 9.17) is 0 Å². The van der Waals surface area contributed by atoms with Crippen molar-refractivity contribution in [1.29, 1.82) is 0 Å². The quantitative estimate of drug-likeness (QED) is 0.0532. The van der Waals surface area contributed by atoms with E-state index >= 15 is 0 Å². The zero-order chi connectivity index (χ0) is 54.0. The fourth-order valence-electron chi connectivity index (χ4n) is 10.4. The molecule has 0 radical (unpaired) electrons. The van der Waals surface area contributed by atoms with Crippen molar-refractivity contribution in [2.45, 2.75) is 154 Å². The van der Waals surface area contributed by atoms with Gasteiger partial charge in [0.1, 0.15) is 6.54 Å². The molecule has 0 bridgehead atoms. The number of nitrogens with zero attached hydrogens (tertiary/aromatic N) is 2. The number of hydrogen-bond donors (Lipinski definition) is 0. The van der Waals surface area contributed by atoms with Gasteiger partial charge in [-0.2, -0.15) is 44.1 Å². The highest BCUT2D eigenvalue weighted by molar-refractivity contribution is 8.03. The minimum atomic E-state index is -7.43. The molecule has 16 heteroatoms. The third kappa shape index (κ3) is 11.1. The summed E-state index contributed by atoms with van der Waals surface area (Å²) in [6.45, 7) is 21.3. The van der Waals surface area contributed by atoms with Gasteiger partial charge in [-0.1, -0.05) is 140 Å². The Kier molecular flexibility index (Phi) is 17.7. The predicted octanol–water partition coefficient (Wildman–Crippen LogP) is 17.1. The topological polar surface area (TPSA) is 63.5 Å². The van der Waals surface area contributed by atoms with E-state index < -0.39 is 33.4 Å². The SMILES string of the molecule is CCCCC(CC)CSC1=C(/C=C/C2=[N+](CCCC)c3ccc4ccccc4c3C2(C)C)CC/C1=C\C=C1\N(CCCC)c2ccc3ccccc3c2C1(C)C.O=S(=O)([O-])C(F)(F)C(F)(F)C(F)(F)C(F)(F)F. The Morgan fingerprint density at radius 3 is 1.88 bits per heavy atom. The molecule has 3 aliphatic rings. The van der Waals surface area contributed by atoms with Gasteiger partial charge in [0.05, 0.1) is 5.41 Å². The second-order valence-corrected chi connectivity index (χ2v) is 22.7. The highest BCUT2D eigenvalue weighted by atomic mass is 32.2. The van der Waals surface area contributed by atoms with Crippen molar-refractivity contribution in [2.75, 3.05) is 23.7 Å². The first-order valence-corrected chi connectivity index (χ1v) is 27.6. The van der Waals surface area contributed by atoms with E-state index in [2.05, 4.69) is 174 Å². The molecule has 0 saturated carbocycles. The molecular formula is C57H67F9N2O3S2. The van der Waals surface area contributed by atoms with Gasteiger partial charge in [0, 0.05) is 58.1 Å². The van der Waals surface area contributed by atoms with Crippen molar-refractivity contribution in [1.82, 2.24) is 0 Å². The molecular weight excluding hydrogens is 996 g/mol. The van der Waals surface area contributed by atoms with Gasteiger partial charge in [-0.05, 0) is 102 Å². The third-order valence-corrected chi connectivity index (χ3v) is 16.9. The van der Waals surface area contributed by atoms with Crippen LogP contribution in [0.25, 0.3) is 21.5 Å². The Labute approximate surface area is 429 Å². The predicted molar refractivity (Wildman–Crippen MR) is 279 cm³/mol. The summed E-state index contributed by atoms with van der Waals surface area (Å²) in [5.74, 6) is -12.9. The van der Waals surface area contributed by atoms with Crippen molar-refractivity contribution < 1.29 is 57.1 Å². The summed E-state index contributed by atoms with van der Waals surface area (Å²) >= 11 is 2.15. The van der Waals surface area contributed by atoms with Crippen molar-refractivity contribution in [3.05, 3.63) is 130 Å². The lowest BCUT2D eigenvalue weighted by molar-refractivity contribution is -0.438. The van der Waals surface area contributed by atoms with Crippen LogP contribution in [0.3, 0.4) is 0 Å². The van der Waals surface area contributed by atoms with E-state index in [-0.39, 0.29) is 10.8 Å². The summed E-state index contributed by atoms with van der Waals surface area (Å²) in [5.41, 5.74) is 11.5. The first-order chi connectivity index (χ1) is 34.1. The average Bonchev–Trinajstić information content (AvgIpc) is 3.90. The molecule has 7 rings (SSSR count). The molecule has 0 aromatic heterocycles. The molecule has 4 aromatic carbocycles. The summed E-state index contributed by atoms with van der Waals surface area (Å²) in [6, 6.07) is 27.4. The largest absolute Gasteiger partial charge is 0.743 e. The molecule has 1 atom stereocenters. The first kappa shape index (κ1) is 57.7. The van der Waals surface area contributed by atoms with E-state index in [1.165, 1.54) is 129 Å². The molecule has 398 valence electrons. The minimum absolute atomic E-state index is 0.0847. The standard InChI is InChI=1S/C53H67N2S.C4HF9O3S/c1-9-13-20-38(12-4)37-56-51-41(29-33-47-52(5,6)49-43-23-18-16-21-39(43)27-31-45(49)54(47)35-14-10-2)25-26-42(51)30-34-48-53(7,8)50-44-24-19-17-22-40(44)28-32-46(50)55(48)36-15-11-3;5-1(6,3(9,10)11)2(7,8)4(12,13)17(14,15)16/h16-19,21-24,27-34,38H,9-15,20,25-26,35-37H2,1-8H3;(H,14,15,16)/q+1;/p-1. The molecule has 4 aromatic rings. The Bertz CT molecular complexity index is 2930. The van der Waals surface area contributed by atoms with Crippen LogP contribution < -0.4 is 4.90 Å². The fourth-order valence-corrected chi connectivity index (χ4v) is 12.3. The highest BCUT2D eigenvalue weighted by Crippen LogP contribution is 2.55. The van der Waals surface area contributed by atoms with Crippen molar-refractivity contribution in [2.24, 2.45) is 5.92 Å². The number of thioether (sulfide) groups is 1. The molecule has 5 nitrogen and oxygen atoms in total. The van der Waals surface area contributed by atoms with Crippen LogP contribution in [0, 0.1) is 5.92 Å². The molecule has 0 N–H and O–H groups in total. The van der Waals surface area contributed by atoms with Crippen LogP contribution in [-0.2, 0) is 20.9 Å². The zero-order valence-corrected chi connectivity index (χ0v) is 44.5. The lowest BCUT2D eigenvalue weighted by atomic mass is 9.79. The second-order valence-electron chi connectivity index (χ2n) is 20.3. The molecule has 0 amide bonds. The van der Waals surface area contributed by atoms with Gasteiger partial charge in [-0.3, -0.25) is 0 Å². The molecule has 73 heavy (non-hydrogen) atoms. The van der Waals surface area contributed by atoms with E-state index in [9.17, 15) is 52.5 Å². The first-order valence-electron chi connectivity index (χ1n) is 25.2. The number of unbranched alkanes of at least 4 members (excludes halogenated alkanes) is 3. The van der Waals surface area contributed by atoms with E-state index in [1.54, 1.807) is 0 Å². The van der Waals surface area contributed by atoms with Crippen LogP contribution in [0.1, 0.15) is 131 Å². The Hall–Kier alpha value is -4.54. The summed E-state index contributed by atoms with van der Waals surface area (Å²) in [6.07, 6.45) is 15.1. The highest BCUT2D eigenvalue weighted by Gasteiger charge is 2.83. The molecule has 2 aliphatic heterocycles. The number of anilines is 1. The summed E-state index contributed by atoms with van der Waals surface area (Å²) in [7, 11) is -7.42. The van der Waals surface area contributed by atoms with Crippen molar-refractivity contribution in [3.8, 4) is 0 Å². The minimum Gasteiger partial charge on any atom is -0.743 e. The number of hydrogen-bond acceptors (Lipinski definition) is 5. The van der Waals surface area contributed by atoms with Crippen LogP contribution in [0.4, 0.5) is 50.9 Å². The number of fused-ring (bicyclic) bond motifs is 6. The lowest BCUT2D eigenvalue weighted by Gasteiger charge is -2.34. The van der Waals surface area contributed by atoms with Gasteiger partial charge < -0.3 is 9.45 Å². The van der Waals surface area contributed by atoms with Crippen LogP contribution >= 0.6 is 11.8 Å². The maximum Gasteiger partial charge on any atom is 0.460 e. The van der Waals surface area contributed by atoms with Crippen molar-refractivity contribution in [3.63, 3.8) is 0 Å². The summed E-state index contributed by atoms with van der Waals surface area (Å²) < 4.78 is 138. The maximum absolute atomic E-state index is 12.2. The van der Waals surface area contributed by atoms with Gasteiger partial charge in [0.2, 0.25) is 5.69 Å². The number of halogens is 9. The number of allylic oxidation sites excluding steroid dienone is 7. The molecule has 0 fully saturated rings. The molecule has 0 spiro atoms. The molecule has 1 unspecified atom stereocenters. The van der Waals surface area contributed by atoms with Gasteiger partial charge in [-0.15, -0.1) is 11.8 Å². The monoisotopic (exact) mass is 1060 g/mol. The fraction of sp³-hybridized carbons (Fsp3) is 0.491. The van der Waals surface area contributed by atoms with Crippen LogP contribution in [0.2, 0.25) is 0 Å². The average molecular weight is 1060 g/mol. The number of rotatable bonds is 19. The van der Waals surface area contributed by atoms with Crippen LogP contribution in [-0.4, -0.2) is 65.4 Å². The summed E-state index contributed by atoms with van der Waals surface area (Å²) in [5, 5.41) is -1.65. The van der Waals surface area contributed by atoms with E-state index in [0.29, 0.717) is 0 Å². The van der Waals surface area contributed by atoms with Gasteiger partial charge in [0.25, 0.3) is 0 Å². The lowest BCUT2D eigenvalue weighted by Crippen LogP contribution is -2.63. The van der Waals surface area contributed by atoms with Crippen molar-refractivity contribution >= 4 is 60.5 Å². The second kappa shape index (κ2) is 22.4. The Morgan fingerprint density at radius 2 is 1.30 bits per heavy atom. The molecule has 1 aliphatic carbocycles. The normalized spacial score (nSPS) is 18.7. The Morgan fingerprint density at radius 1 is 0.712 bits per heavy atom. The van der Waals surface area contributed by atoms with Gasteiger partial charge in [-0.25, -0.2) is 8.42 Å². The van der Waals surface area contributed by atoms with Gasteiger partial charge >= 0.3 is 23.3 Å². The van der Waals surface area contributed by atoms with E-state index in [1.807, 2.05) is 0 Å². The zero-order valence-electron chi connectivity index (χ0n) is 42.8. The van der Waals surface area contributed by atoms with Crippen LogP contribution in [0.5, 0.6) is 0 Å². The van der Waals surface area contributed by atoms with E-state index in [0.717, 1.165) is 31.8 Å². The number of alkyl halides is 9. The Balaban J connectivity index is 0.000000438. The molecule has 0 saturated heterocycles. The van der Waals surface area contributed by atoms with Gasteiger partial charge in [0.15, 0.2) is 15.8 Å². The smallest absolute Gasteiger partial charge is 0.460 e. The number of benzene rings is 4. The van der Waals surface area contributed by atoms with Crippen LogP contribution in [0.15, 0.2) is 119 Å². The maximum atomic E-state index is 12.2. The summed E-state index contributed by atoms with van der Waals surface area (Å²) in [4.78, 5) is 4.18. The third-order valence-electron chi connectivity index (χ3n) is 14.5.